The summed E-state index contributed by atoms with van der Waals surface area (Å²) >= 11 is 5.94. The number of halogens is 1. The monoisotopic (exact) mass is 239 g/mol. The van der Waals surface area contributed by atoms with Gasteiger partial charge in [0.05, 0.1) is 12.7 Å². The summed E-state index contributed by atoms with van der Waals surface area (Å²) in [7, 11) is 0. The molecule has 2 N–H and O–H groups in total. The van der Waals surface area contributed by atoms with Gasteiger partial charge in [0.25, 0.3) is 0 Å². The van der Waals surface area contributed by atoms with Crippen molar-refractivity contribution in [3.63, 3.8) is 0 Å². The third kappa shape index (κ3) is 2.07. The predicted octanol–water partition coefficient (Wildman–Crippen LogP) is 2.17. The predicted molar refractivity (Wildman–Crippen MR) is 64.6 cm³/mol. The number of aliphatic hydroxyl groups is 2. The first-order valence-corrected chi connectivity index (χ1v) is 5.56. The van der Waals surface area contributed by atoms with E-state index in [1.807, 2.05) is 22.9 Å². The highest BCUT2D eigenvalue weighted by atomic mass is 35.5. The van der Waals surface area contributed by atoms with E-state index in [9.17, 15) is 10.2 Å². The first-order chi connectivity index (χ1) is 7.61. The Balaban J connectivity index is 2.59. The Labute approximate surface area is 98.9 Å². The smallest absolute Gasteiger partial charge is 0.0702 e. The standard InChI is InChI=1S/C12H14ClNO2/c1-8(16)5-14-6-9(7-15)11-3-2-10(13)4-12(11)14/h2-4,6,8,15-16H,5,7H2,1H3. The molecule has 0 saturated carbocycles. The zero-order chi connectivity index (χ0) is 11.7. The van der Waals surface area contributed by atoms with Gasteiger partial charge in [-0.3, -0.25) is 0 Å². The molecule has 0 amide bonds. The molecule has 2 aromatic rings. The summed E-state index contributed by atoms with van der Waals surface area (Å²) < 4.78 is 1.91. The van der Waals surface area contributed by atoms with Crippen LogP contribution in [0.15, 0.2) is 24.4 Å². The highest BCUT2D eigenvalue weighted by Gasteiger charge is 2.09. The quantitative estimate of drug-likeness (QED) is 0.862. The Morgan fingerprint density at radius 2 is 2.19 bits per heavy atom. The molecule has 16 heavy (non-hydrogen) atoms. The lowest BCUT2D eigenvalue weighted by Gasteiger charge is -2.07. The first kappa shape index (κ1) is 11.5. The number of aliphatic hydroxyl groups excluding tert-OH is 2. The molecule has 1 atom stereocenters. The van der Waals surface area contributed by atoms with Crippen LogP contribution in [0, 0.1) is 0 Å². The second kappa shape index (κ2) is 4.45. The van der Waals surface area contributed by atoms with Crippen molar-refractivity contribution in [2.24, 2.45) is 0 Å². The van der Waals surface area contributed by atoms with E-state index >= 15 is 0 Å². The maximum Gasteiger partial charge on any atom is 0.0702 e. The van der Waals surface area contributed by atoms with Crippen molar-refractivity contribution in [3.8, 4) is 0 Å². The average molecular weight is 240 g/mol. The van der Waals surface area contributed by atoms with Crippen LogP contribution in [-0.2, 0) is 13.2 Å². The molecule has 1 unspecified atom stereocenters. The second-order valence-corrected chi connectivity index (χ2v) is 4.41. The first-order valence-electron chi connectivity index (χ1n) is 5.18. The highest BCUT2D eigenvalue weighted by molar-refractivity contribution is 6.31. The van der Waals surface area contributed by atoms with Crippen LogP contribution in [0.5, 0.6) is 0 Å². The number of hydrogen-bond acceptors (Lipinski definition) is 2. The summed E-state index contributed by atoms with van der Waals surface area (Å²) in [6.45, 7) is 2.22. The van der Waals surface area contributed by atoms with Gasteiger partial charge >= 0.3 is 0 Å². The van der Waals surface area contributed by atoms with Gasteiger partial charge in [-0.15, -0.1) is 0 Å². The topological polar surface area (TPSA) is 45.4 Å². The lowest BCUT2D eigenvalue weighted by Crippen LogP contribution is -2.10. The maximum absolute atomic E-state index is 9.40. The fourth-order valence-corrected chi connectivity index (χ4v) is 2.07. The van der Waals surface area contributed by atoms with Crippen LogP contribution in [0.1, 0.15) is 12.5 Å². The lowest BCUT2D eigenvalue weighted by atomic mass is 10.2. The van der Waals surface area contributed by atoms with Gasteiger partial charge in [-0.2, -0.15) is 0 Å². The van der Waals surface area contributed by atoms with Crippen LogP contribution in [0.4, 0.5) is 0 Å². The Kier molecular flexibility index (Phi) is 3.19. The van der Waals surface area contributed by atoms with E-state index in [2.05, 4.69) is 0 Å². The van der Waals surface area contributed by atoms with Crippen molar-refractivity contribution in [2.45, 2.75) is 26.2 Å². The Morgan fingerprint density at radius 1 is 1.44 bits per heavy atom. The van der Waals surface area contributed by atoms with Gasteiger partial charge in [0.15, 0.2) is 0 Å². The van der Waals surface area contributed by atoms with Crippen molar-refractivity contribution < 1.29 is 10.2 Å². The summed E-state index contributed by atoms with van der Waals surface area (Å²) in [5.41, 5.74) is 1.80. The van der Waals surface area contributed by atoms with Gasteiger partial charge in [-0.05, 0) is 19.1 Å². The molecule has 1 heterocycles. The number of aromatic nitrogens is 1. The van der Waals surface area contributed by atoms with Gasteiger partial charge in [0, 0.05) is 34.2 Å². The SMILES string of the molecule is CC(O)Cn1cc(CO)c2ccc(Cl)cc21. The van der Waals surface area contributed by atoms with Crippen LogP contribution >= 0.6 is 11.6 Å². The summed E-state index contributed by atoms with van der Waals surface area (Å²) in [4.78, 5) is 0. The molecule has 2 rings (SSSR count). The van der Waals surface area contributed by atoms with Gasteiger partial charge in [-0.1, -0.05) is 17.7 Å². The normalized spacial score (nSPS) is 13.2. The van der Waals surface area contributed by atoms with Crippen molar-refractivity contribution >= 4 is 22.5 Å². The van der Waals surface area contributed by atoms with Gasteiger partial charge in [0.2, 0.25) is 0 Å². The zero-order valence-corrected chi connectivity index (χ0v) is 9.78. The van der Waals surface area contributed by atoms with Crippen molar-refractivity contribution in [1.29, 1.82) is 0 Å². The van der Waals surface area contributed by atoms with E-state index in [1.165, 1.54) is 0 Å². The van der Waals surface area contributed by atoms with Crippen LogP contribution in [0.2, 0.25) is 5.02 Å². The van der Waals surface area contributed by atoms with Gasteiger partial charge in [-0.25, -0.2) is 0 Å². The third-order valence-electron chi connectivity index (χ3n) is 2.56. The number of fused-ring (bicyclic) bond motifs is 1. The Bertz CT molecular complexity index is 505. The number of hydrogen-bond donors (Lipinski definition) is 2. The molecule has 0 bridgehead atoms. The fraction of sp³-hybridized carbons (Fsp3) is 0.333. The Hall–Kier alpha value is -1.03. The molecule has 0 aliphatic heterocycles. The zero-order valence-electron chi connectivity index (χ0n) is 9.02. The van der Waals surface area contributed by atoms with Crippen molar-refractivity contribution in [3.05, 3.63) is 35.0 Å². The summed E-state index contributed by atoms with van der Waals surface area (Å²) in [6.07, 6.45) is 1.43. The lowest BCUT2D eigenvalue weighted by molar-refractivity contribution is 0.175. The molecular weight excluding hydrogens is 226 g/mol. The molecule has 0 aliphatic rings. The largest absolute Gasteiger partial charge is 0.392 e. The third-order valence-corrected chi connectivity index (χ3v) is 2.79. The van der Waals surface area contributed by atoms with E-state index < -0.39 is 6.10 Å². The molecule has 1 aromatic heterocycles. The molecular formula is C12H14ClNO2. The molecule has 4 heteroatoms. The Morgan fingerprint density at radius 3 is 2.81 bits per heavy atom. The van der Waals surface area contributed by atoms with E-state index in [1.54, 1.807) is 13.0 Å². The minimum Gasteiger partial charge on any atom is -0.392 e. The van der Waals surface area contributed by atoms with Crippen molar-refractivity contribution in [2.75, 3.05) is 0 Å². The minimum absolute atomic E-state index is 0.00899. The maximum atomic E-state index is 9.40. The van der Waals surface area contributed by atoms with Crippen LogP contribution in [0.25, 0.3) is 10.9 Å². The molecule has 0 aliphatic carbocycles. The van der Waals surface area contributed by atoms with Crippen LogP contribution in [0.3, 0.4) is 0 Å². The fourth-order valence-electron chi connectivity index (χ4n) is 1.90. The average Bonchev–Trinajstić information content (AvgIpc) is 2.55. The molecule has 0 saturated heterocycles. The number of nitrogens with zero attached hydrogens (tertiary/aromatic N) is 1. The summed E-state index contributed by atoms with van der Waals surface area (Å²) in [5.74, 6) is 0. The van der Waals surface area contributed by atoms with Crippen molar-refractivity contribution in [1.82, 2.24) is 4.57 Å². The van der Waals surface area contributed by atoms with E-state index in [0.717, 1.165) is 16.5 Å². The molecule has 0 radical (unpaired) electrons. The van der Waals surface area contributed by atoms with Crippen LogP contribution < -0.4 is 0 Å². The van der Waals surface area contributed by atoms with Gasteiger partial charge in [0.1, 0.15) is 0 Å². The minimum atomic E-state index is -0.430. The van der Waals surface area contributed by atoms with E-state index in [4.69, 9.17) is 11.6 Å². The number of rotatable bonds is 3. The van der Waals surface area contributed by atoms with E-state index in [-0.39, 0.29) is 6.61 Å². The molecule has 1 aromatic carbocycles. The van der Waals surface area contributed by atoms with Crippen LogP contribution in [-0.4, -0.2) is 20.9 Å². The summed E-state index contributed by atoms with van der Waals surface area (Å²) in [5, 5.41) is 20.3. The molecule has 3 nitrogen and oxygen atoms in total. The highest BCUT2D eigenvalue weighted by Crippen LogP contribution is 2.25. The molecule has 0 fully saturated rings. The van der Waals surface area contributed by atoms with E-state index in [0.29, 0.717) is 11.6 Å². The second-order valence-electron chi connectivity index (χ2n) is 3.98. The molecule has 86 valence electrons. The van der Waals surface area contributed by atoms with Gasteiger partial charge < -0.3 is 14.8 Å². The summed E-state index contributed by atoms with van der Waals surface area (Å²) in [6, 6.07) is 5.54. The molecule has 0 spiro atoms. The number of benzene rings is 1.